The first-order valence-corrected chi connectivity index (χ1v) is 5.88. The van der Waals surface area contributed by atoms with Gasteiger partial charge in [-0.3, -0.25) is 4.79 Å². The Hall–Kier alpha value is -2.35. The lowest BCUT2D eigenvalue weighted by atomic mass is 9.96. The predicted molar refractivity (Wildman–Crippen MR) is 69.6 cm³/mol. The lowest BCUT2D eigenvalue weighted by molar-refractivity contribution is 0.102. The summed E-state index contributed by atoms with van der Waals surface area (Å²) >= 11 is 0. The van der Waals surface area contributed by atoms with E-state index in [0.29, 0.717) is 17.6 Å². The molecule has 88 valence electrons. The molecule has 2 aromatic carbocycles. The zero-order chi connectivity index (χ0) is 12.4. The quantitative estimate of drug-likeness (QED) is 0.747. The molecular weight excluding hydrogens is 224 g/mol. The number of ketones is 1. The van der Waals surface area contributed by atoms with Crippen molar-refractivity contribution in [3.05, 3.63) is 77.6 Å². The van der Waals surface area contributed by atoms with Gasteiger partial charge in [0.25, 0.3) is 0 Å². The van der Waals surface area contributed by atoms with Crippen molar-refractivity contribution in [2.75, 3.05) is 0 Å². The van der Waals surface area contributed by atoms with E-state index in [4.69, 9.17) is 4.74 Å². The molecule has 0 aliphatic carbocycles. The highest BCUT2D eigenvalue weighted by atomic mass is 16.5. The second kappa shape index (κ2) is 4.49. The van der Waals surface area contributed by atoms with Gasteiger partial charge in [0.05, 0.1) is 6.26 Å². The molecular formula is C16H12O2. The molecule has 0 aromatic heterocycles. The summed E-state index contributed by atoms with van der Waals surface area (Å²) in [6.45, 7) is 0. The number of ether oxygens (including phenoxy) is 1. The monoisotopic (exact) mass is 236 g/mol. The minimum Gasteiger partial charge on any atom is -0.464 e. The van der Waals surface area contributed by atoms with Crippen molar-refractivity contribution in [2.45, 2.75) is 6.42 Å². The summed E-state index contributed by atoms with van der Waals surface area (Å²) in [5, 5.41) is 0. The fourth-order valence-electron chi connectivity index (χ4n) is 2.06. The number of carbonyl (C=O) groups is 1. The van der Waals surface area contributed by atoms with Crippen molar-refractivity contribution in [3.63, 3.8) is 0 Å². The average Bonchev–Trinajstić information content (AvgIpc) is 2.47. The van der Waals surface area contributed by atoms with E-state index in [1.165, 1.54) is 0 Å². The highest BCUT2D eigenvalue weighted by Crippen LogP contribution is 2.27. The van der Waals surface area contributed by atoms with Crippen molar-refractivity contribution in [2.24, 2.45) is 0 Å². The summed E-state index contributed by atoms with van der Waals surface area (Å²) in [7, 11) is 0. The van der Waals surface area contributed by atoms with Gasteiger partial charge < -0.3 is 4.74 Å². The van der Waals surface area contributed by atoms with Crippen LogP contribution in [0.25, 0.3) is 0 Å². The first-order chi connectivity index (χ1) is 8.84. The average molecular weight is 236 g/mol. The topological polar surface area (TPSA) is 26.3 Å². The van der Waals surface area contributed by atoms with Crippen LogP contribution in [-0.4, -0.2) is 5.78 Å². The number of fused-ring (bicyclic) bond motifs is 1. The summed E-state index contributed by atoms with van der Waals surface area (Å²) in [6.07, 6.45) is 2.20. The molecule has 0 amide bonds. The molecule has 0 spiro atoms. The van der Waals surface area contributed by atoms with Crippen LogP contribution in [0.5, 0.6) is 5.75 Å². The minimum atomic E-state index is 0.0325. The van der Waals surface area contributed by atoms with E-state index in [2.05, 4.69) is 0 Å². The van der Waals surface area contributed by atoms with Crippen molar-refractivity contribution < 1.29 is 9.53 Å². The molecule has 1 aliphatic heterocycles. The van der Waals surface area contributed by atoms with Crippen LogP contribution < -0.4 is 4.74 Å². The fourth-order valence-corrected chi connectivity index (χ4v) is 2.06. The Morgan fingerprint density at radius 1 is 0.944 bits per heavy atom. The Morgan fingerprint density at radius 3 is 2.50 bits per heavy atom. The van der Waals surface area contributed by atoms with Crippen LogP contribution in [0.4, 0.5) is 0 Å². The third kappa shape index (κ3) is 1.93. The normalized spacial score (nSPS) is 13.2. The van der Waals surface area contributed by atoms with Gasteiger partial charge in [-0.1, -0.05) is 48.5 Å². The largest absolute Gasteiger partial charge is 0.464 e. The van der Waals surface area contributed by atoms with E-state index in [1.807, 2.05) is 54.6 Å². The molecule has 3 rings (SSSR count). The van der Waals surface area contributed by atoms with E-state index in [0.717, 1.165) is 11.3 Å². The predicted octanol–water partition coefficient (Wildman–Crippen LogP) is 3.39. The molecule has 2 heteroatoms. The van der Waals surface area contributed by atoms with E-state index >= 15 is 0 Å². The Labute approximate surface area is 106 Å². The number of benzene rings is 2. The van der Waals surface area contributed by atoms with Gasteiger partial charge in [-0.05, 0) is 11.6 Å². The van der Waals surface area contributed by atoms with Crippen molar-refractivity contribution >= 4 is 5.78 Å². The van der Waals surface area contributed by atoms with Crippen LogP contribution in [-0.2, 0) is 6.42 Å². The molecule has 0 fully saturated rings. The maximum absolute atomic E-state index is 12.3. The highest BCUT2D eigenvalue weighted by molar-refractivity contribution is 6.09. The van der Waals surface area contributed by atoms with E-state index < -0.39 is 0 Å². The summed E-state index contributed by atoms with van der Waals surface area (Å²) in [6, 6.07) is 17.1. The maximum atomic E-state index is 12.3. The van der Waals surface area contributed by atoms with Crippen molar-refractivity contribution in [3.8, 4) is 5.75 Å². The van der Waals surface area contributed by atoms with Crippen molar-refractivity contribution in [1.29, 1.82) is 0 Å². The highest BCUT2D eigenvalue weighted by Gasteiger charge is 2.18. The third-order valence-electron chi connectivity index (χ3n) is 3.01. The van der Waals surface area contributed by atoms with Gasteiger partial charge >= 0.3 is 0 Å². The summed E-state index contributed by atoms with van der Waals surface area (Å²) in [5.41, 5.74) is 2.45. The van der Waals surface area contributed by atoms with Gasteiger partial charge in [0.2, 0.25) is 0 Å². The summed E-state index contributed by atoms with van der Waals surface area (Å²) in [4.78, 5) is 12.3. The Morgan fingerprint density at radius 2 is 1.67 bits per heavy atom. The third-order valence-corrected chi connectivity index (χ3v) is 3.01. The lowest BCUT2D eigenvalue weighted by Crippen LogP contribution is -2.11. The van der Waals surface area contributed by atoms with Gasteiger partial charge in [0.1, 0.15) is 5.75 Å². The van der Waals surface area contributed by atoms with Crippen molar-refractivity contribution in [1.82, 2.24) is 0 Å². The number of hydrogen-bond acceptors (Lipinski definition) is 2. The van der Waals surface area contributed by atoms with Gasteiger partial charge in [-0.15, -0.1) is 0 Å². The van der Waals surface area contributed by atoms with Gasteiger partial charge in [-0.2, -0.15) is 0 Å². The molecule has 0 bridgehead atoms. The minimum absolute atomic E-state index is 0.0325. The number of para-hydroxylation sites is 1. The number of carbonyl (C=O) groups excluding carboxylic acids is 1. The van der Waals surface area contributed by atoms with E-state index in [-0.39, 0.29) is 5.78 Å². The molecule has 0 saturated heterocycles. The molecule has 0 saturated carbocycles. The Bertz CT molecular complexity index is 612. The Kier molecular flexibility index (Phi) is 2.69. The molecule has 1 heterocycles. The van der Waals surface area contributed by atoms with E-state index in [9.17, 15) is 4.79 Å². The first-order valence-electron chi connectivity index (χ1n) is 5.88. The first kappa shape index (κ1) is 10.8. The number of allylic oxidation sites excluding steroid dienone is 1. The summed E-state index contributed by atoms with van der Waals surface area (Å²) in [5.74, 6) is 0.868. The zero-order valence-corrected chi connectivity index (χ0v) is 9.80. The maximum Gasteiger partial charge on any atom is 0.192 e. The Balaban J connectivity index is 1.88. The molecule has 2 aromatic rings. The second-order valence-electron chi connectivity index (χ2n) is 4.24. The number of rotatable bonds is 2. The SMILES string of the molecule is O=C(C1=COc2ccccc2C1)c1ccccc1. The molecule has 18 heavy (non-hydrogen) atoms. The van der Waals surface area contributed by atoms with Crippen LogP contribution >= 0.6 is 0 Å². The second-order valence-corrected chi connectivity index (χ2v) is 4.24. The summed E-state index contributed by atoms with van der Waals surface area (Å²) < 4.78 is 5.50. The smallest absolute Gasteiger partial charge is 0.192 e. The van der Waals surface area contributed by atoms with Crippen LogP contribution in [0, 0.1) is 0 Å². The van der Waals surface area contributed by atoms with Crippen LogP contribution in [0.15, 0.2) is 66.4 Å². The standard InChI is InChI=1S/C16H12O2/c17-16(12-6-2-1-3-7-12)14-10-13-8-4-5-9-15(13)18-11-14/h1-9,11H,10H2. The van der Waals surface area contributed by atoms with Crippen LogP contribution in [0.2, 0.25) is 0 Å². The van der Waals surface area contributed by atoms with Crippen LogP contribution in [0.1, 0.15) is 15.9 Å². The van der Waals surface area contributed by atoms with Gasteiger partial charge in [0.15, 0.2) is 5.78 Å². The molecule has 0 atom stereocenters. The molecule has 0 unspecified atom stereocenters. The number of hydrogen-bond donors (Lipinski definition) is 0. The lowest BCUT2D eigenvalue weighted by Gasteiger charge is -2.16. The van der Waals surface area contributed by atoms with Crippen LogP contribution in [0.3, 0.4) is 0 Å². The van der Waals surface area contributed by atoms with Gasteiger partial charge in [-0.25, -0.2) is 0 Å². The molecule has 0 N–H and O–H groups in total. The number of Topliss-reactive ketones (excluding diaryl/α,β-unsaturated/α-hetero) is 1. The van der Waals surface area contributed by atoms with E-state index in [1.54, 1.807) is 6.26 Å². The molecule has 0 radical (unpaired) electrons. The fraction of sp³-hybridized carbons (Fsp3) is 0.0625. The molecule has 2 nitrogen and oxygen atoms in total. The zero-order valence-electron chi connectivity index (χ0n) is 9.80. The molecule has 1 aliphatic rings. The van der Waals surface area contributed by atoms with Gasteiger partial charge in [0, 0.05) is 17.6 Å².